The van der Waals surface area contributed by atoms with Crippen molar-refractivity contribution >= 4 is 11.6 Å². The lowest BCUT2D eigenvalue weighted by molar-refractivity contribution is 0.622. The molecule has 2 rings (SSSR count). The summed E-state index contributed by atoms with van der Waals surface area (Å²) in [5.41, 5.74) is 0.465. The van der Waals surface area contributed by atoms with Crippen LogP contribution in [-0.4, -0.2) is 15.0 Å². The summed E-state index contributed by atoms with van der Waals surface area (Å²) in [6, 6.07) is 1.29. The summed E-state index contributed by atoms with van der Waals surface area (Å²) in [6.07, 6.45) is 4.27. The van der Waals surface area contributed by atoms with Crippen LogP contribution in [0.2, 0.25) is 5.15 Å². The summed E-state index contributed by atoms with van der Waals surface area (Å²) in [5.74, 6) is 0.0767. The number of imidazole rings is 1. The van der Waals surface area contributed by atoms with Crippen LogP contribution >= 0.6 is 11.6 Å². The molecule has 0 fully saturated rings. The van der Waals surface area contributed by atoms with E-state index in [1.165, 1.54) is 6.07 Å². The van der Waals surface area contributed by atoms with E-state index < -0.39 is 5.82 Å². The van der Waals surface area contributed by atoms with E-state index in [-0.39, 0.29) is 5.15 Å². The third-order valence-electron chi connectivity index (χ3n) is 1.56. The van der Waals surface area contributed by atoms with Crippen molar-refractivity contribution in [3.8, 4) is 11.4 Å². The highest BCUT2D eigenvalue weighted by Crippen LogP contribution is 2.22. The van der Waals surface area contributed by atoms with Crippen LogP contribution in [0.4, 0.5) is 4.39 Å². The van der Waals surface area contributed by atoms with Crippen molar-refractivity contribution in [3.63, 3.8) is 0 Å². The molecule has 0 saturated carbocycles. The van der Waals surface area contributed by atoms with Crippen LogP contribution < -0.4 is 0 Å². The van der Waals surface area contributed by atoms with Crippen LogP contribution in [0, 0.1) is 5.82 Å². The van der Waals surface area contributed by atoms with E-state index in [0.717, 1.165) is 6.20 Å². The first kappa shape index (κ1) is 8.19. The number of nitrogens with zero attached hydrogens (tertiary/aromatic N) is 2. The zero-order chi connectivity index (χ0) is 9.26. The fourth-order valence-corrected chi connectivity index (χ4v) is 1.19. The molecule has 0 unspecified atom stereocenters. The summed E-state index contributed by atoms with van der Waals surface area (Å²) < 4.78 is 12.8. The lowest BCUT2D eigenvalue weighted by atomic mass is 10.3. The largest absolute Gasteiger partial charge is 0.345 e. The molecule has 0 saturated heterocycles. The SMILES string of the molecule is Fc1cnc(Cl)c(-c2ncc[nH]2)c1. The second-order valence-corrected chi connectivity index (χ2v) is 2.79. The second-order valence-electron chi connectivity index (χ2n) is 2.43. The molecular formula is C8H5ClFN3. The molecule has 13 heavy (non-hydrogen) atoms. The molecule has 0 amide bonds. The Balaban J connectivity index is 2.57. The van der Waals surface area contributed by atoms with Crippen molar-refractivity contribution in [1.29, 1.82) is 0 Å². The van der Waals surface area contributed by atoms with Gasteiger partial charge in [-0.05, 0) is 6.07 Å². The van der Waals surface area contributed by atoms with Crippen LogP contribution in [-0.2, 0) is 0 Å². The first-order valence-corrected chi connectivity index (χ1v) is 3.96. The maximum absolute atomic E-state index is 12.8. The Labute approximate surface area is 78.6 Å². The fourth-order valence-electron chi connectivity index (χ4n) is 1.00. The maximum atomic E-state index is 12.8. The van der Waals surface area contributed by atoms with Crippen LogP contribution in [0.15, 0.2) is 24.7 Å². The molecular weight excluding hydrogens is 193 g/mol. The van der Waals surface area contributed by atoms with E-state index in [1.54, 1.807) is 12.4 Å². The Morgan fingerprint density at radius 1 is 1.38 bits per heavy atom. The molecule has 2 aromatic heterocycles. The third kappa shape index (κ3) is 1.53. The summed E-state index contributed by atoms with van der Waals surface area (Å²) in [5, 5.41) is 0.233. The Hall–Kier alpha value is -1.42. The van der Waals surface area contributed by atoms with Gasteiger partial charge in [0.1, 0.15) is 16.8 Å². The highest BCUT2D eigenvalue weighted by molar-refractivity contribution is 6.31. The number of halogens is 2. The van der Waals surface area contributed by atoms with Gasteiger partial charge in [0.25, 0.3) is 0 Å². The summed E-state index contributed by atoms with van der Waals surface area (Å²) in [6.45, 7) is 0. The minimum atomic E-state index is -0.434. The van der Waals surface area contributed by atoms with Gasteiger partial charge in [0.2, 0.25) is 0 Å². The molecule has 0 radical (unpaired) electrons. The molecule has 0 aliphatic rings. The molecule has 5 heteroatoms. The number of hydrogen-bond donors (Lipinski definition) is 1. The molecule has 66 valence electrons. The highest BCUT2D eigenvalue weighted by atomic mass is 35.5. The number of nitrogens with one attached hydrogen (secondary N) is 1. The van der Waals surface area contributed by atoms with E-state index in [0.29, 0.717) is 11.4 Å². The molecule has 0 aliphatic heterocycles. The summed E-state index contributed by atoms with van der Waals surface area (Å²) in [7, 11) is 0. The van der Waals surface area contributed by atoms with Gasteiger partial charge in [0.15, 0.2) is 0 Å². The van der Waals surface area contributed by atoms with E-state index in [9.17, 15) is 4.39 Å². The van der Waals surface area contributed by atoms with Crippen molar-refractivity contribution in [2.45, 2.75) is 0 Å². The molecule has 2 heterocycles. The molecule has 0 atom stereocenters. The van der Waals surface area contributed by atoms with Gasteiger partial charge in [-0.3, -0.25) is 0 Å². The van der Waals surface area contributed by atoms with Crippen molar-refractivity contribution in [3.05, 3.63) is 35.6 Å². The Bertz CT molecular complexity index is 413. The van der Waals surface area contributed by atoms with Crippen LogP contribution in [0.1, 0.15) is 0 Å². The molecule has 0 aliphatic carbocycles. The number of aromatic nitrogens is 3. The average Bonchev–Trinajstić information content (AvgIpc) is 2.61. The molecule has 0 bridgehead atoms. The smallest absolute Gasteiger partial charge is 0.142 e. The minimum absolute atomic E-state index is 0.233. The Morgan fingerprint density at radius 3 is 2.92 bits per heavy atom. The predicted molar refractivity (Wildman–Crippen MR) is 46.8 cm³/mol. The van der Waals surface area contributed by atoms with Gasteiger partial charge >= 0.3 is 0 Å². The monoisotopic (exact) mass is 197 g/mol. The van der Waals surface area contributed by atoms with Crippen LogP contribution in [0.3, 0.4) is 0 Å². The summed E-state index contributed by atoms with van der Waals surface area (Å²) >= 11 is 5.75. The van der Waals surface area contributed by atoms with Crippen molar-refractivity contribution in [2.75, 3.05) is 0 Å². The highest BCUT2D eigenvalue weighted by Gasteiger charge is 2.07. The Morgan fingerprint density at radius 2 is 2.23 bits per heavy atom. The third-order valence-corrected chi connectivity index (χ3v) is 1.86. The first-order valence-electron chi connectivity index (χ1n) is 3.58. The van der Waals surface area contributed by atoms with Crippen LogP contribution in [0.5, 0.6) is 0 Å². The van der Waals surface area contributed by atoms with E-state index in [2.05, 4.69) is 15.0 Å². The number of pyridine rings is 1. The van der Waals surface area contributed by atoms with Crippen molar-refractivity contribution in [2.24, 2.45) is 0 Å². The van der Waals surface area contributed by atoms with E-state index in [4.69, 9.17) is 11.6 Å². The van der Waals surface area contributed by atoms with Gasteiger partial charge in [-0.25, -0.2) is 14.4 Å². The van der Waals surface area contributed by atoms with Crippen molar-refractivity contribution < 1.29 is 4.39 Å². The zero-order valence-electron chi connectivity index (χ0n) is 6.46. The van der Waals surface area contributed by atoms with Gasteiger partial charge < -0.3 is 4.98 Å². The standard InChI is InChI=1S/C8H5ClFN3/c9-7-6(3-5(10)4-13-7)8-11-1-2-12-8/h1-4H,(H,11,12). The van der Waals surface area contributed by atoms with Gasteiger partial charge in [-0.1, -0.05) is 11.6 Å². The van der Waals surface area contributed by atoms with Crippen molar-refractivity contribution in [1.82, 2.24) is 15.0 Å². The van der Waals surface area contributed by atoms with Crippen LogP contribution in [0.25, 0.3) is 11.4 Å². The molecule has 3 nitrogen and oxygen atoms in total. The molecule has 2 aromatic rings. The van der Waals surface area contributed by atoms with Gasteiger partial charge in [-0.15, -0.1) is 0 Å². The lowest BCUT2D eigenvalue weighted by Gasteiger charge is -1.98. The van der Waals surface area contributed by atoms with Gasteiger partial charge in [0.05, 0.1) is 11.8 Å². The zero-order valence-corrected chi connectivity index (χ0v) is 7.22. The molecule has 0 aromatic carbocycles. The number of hydrogen-bond acceptors (Lipinski definition) is 2. The fraction of sp³-hybridized carbons (Fsp3) is 0. The summed E-state index contributed by atoms with van der Waals surface area (Å²) in [4.78, 5) is 10.4. The topological polar surface area (TPSA) is 41.6 Å². The average molecular weight is 198 g/mol. The number of rotatable bonds is 1. The normalized spacial score (nSPS) is 10.3. The van der Waals surface area contributed by atoms with E-state index >= 15 is 0 Å². The lowest BCUT2D eigenvalue weighted by Crippen LogP contribution is -1.87. The van der Waals surface area contributed by atoms with Gasteiger partial charge in [0, 0.05) is 12.4 Å². The predicted octanol–water partition coefficient (Wildman–Crippen LogP) is 2.26. The maximum Gasteiger partial charge on any atom is 0.142 e. The number of aromatic amines is 1. The minimum Gasteiger partial charge on any atom is -0.345 e. The molecule has 1 N–H and O–H groups in total. The quantitative estimate of drug-likeness (QED) is 0.713. The van der Waals surface area contributed by atoms with Gasteiger partial charge in [-0.2, -0.15) is 0 Å². The first-order chi connectivity index (χ1) is 6.27. The van der Waals surface area contributed by atoms with E-state index in [1.807, 2.05) is 0 Å². The Kier molecular flexibility index (Phi) is 1.98. The number of H-pyrrole nitrogens is 1. The molecule has 0 spiro atoms. The second kappa shape index (κ2) is 3.14.